The summed E-state index contributed by atoms with van der Waals surface area (Å²) >= 11 is 0. The van der Waals surface area contributed by atoms with Crippen LogP contribution >= 0.6 is 0 Å². The number of pyridine rings is 2. The number of rotatable bonds is 10. The molecular formula is C49H35N5. The van der Waals surface area contributed by atoms with Crippen molar-refractivity contribution in [1.29, 1.82) is 5.41 Å². The third-order valence-corrected chi connectivity index (χ3v) is 9.14. The summed E-state index contributed by atoms with van der Waals surface area (Å²) in [6.45, 7) is 3.74. The first kappa shape index (κ1) is 33.8. The molecule has 0 aliphatic carbocycles. The summed E-state index contributed by atoms with van der Waals surface area (Å²) in [6.07, 6.45) is 5.10. The molecule has 0 saturated heterocycles. The van der Waals surface area contributed by atoms with Crippen LogP contribution in [0.3, 0.4) is 0 Å². The highest BCUT2D eigenvalue weighted by atomic mass is 14.9. The van der Waals surface area contributed by atoms with Crippen molar-refractivity contribution in [3.63, 3.8) is 0 Å². The molecule has 54 heavy (non-hydrogen) atoms. The third-order valence-electron chi connectivity index (χ3n) is 9.14. The Balaban J connectivity index is 1.15. The molecule has 5 heteroatoms. The van der Waals surface area contributed by atoms with Gasteiger partial charge in [-0.2, -0.15) is 0 Å². The molecule has 1 N–H and O–H groups in total. The lowest BCUT2D eigenvalue weighted by atomic mass is 9.97. The number of aromatic nitrogens is 4. The minimum Gasteiger partial charge on any atom is -0.299 e. The lowest BCUT2D eigenvalue weighted by molar-refractivity contribution is 1.18. The molecular weight excluding hydrogens is 659 g/mol. The van der Waals surface area contributed by atoms with Crippen LogP contribution in [0.5, 0.6) is 0 Å². The van der Waals surface area contributed by atoms with Crippen molar-refractivity contribution >= 4 is 5.71 Å². The van der Waals surface area contributed by atoms with E-state index in [9.17, 15) is 0 Å². The van der Waals surface area contributed by atoms with E-state index in [2.05, 4.69) is 91.5 Å². The minimum absolute atomic E-state index is 0.300. The van der Waals surface area contributed by atoms with Gasteiger partial charge < -0.3 is 0 Å². The van der Waals surface area contributed by atoms with E-state index in [0.717, 1.165) is 67.3 Å². The molecule has 0 atom stereocenters. The van der Waals surface area contributed by atoms with Crippen LogP contribution in [0.15, 0.2) is 201 Å². The highest BCUT2D eigenvalue weighted by molar-refractivity contribution is 6.06. The van der Waals surface area contributed by atoms with Gasteiger partial charge in [0.15, 0.2) is 5.82 Å². The molecule has 0 unspecified atom stereocenters. The van der Waals surface area contributed by atoms with Gasteiger partial charge in [0.05, 0.1) is 39.9 Å². The van der Waals surface area contributed by atoms with Crippen LogP contribution in [0.2, 0.25) is 0 Å². The van der Waals surface area contributed by atoms with Crippen LogP contribution in [-0.4, -0.2) is 25.6 Å². The summed E-state index contributed by atoms with van der Waals surface area (Å²) in [5, 5.41) is 8.66. The van der Waals surface area contributed by atoms with E-state index in [1.54, 1.807) is 18.2 Å². The van der Waals surface area contributed by atoms with E-state index in [1.807, 2.05) is 91.0 Å². The smallest absolute Gasteiger partial charge is 0.161 e. The lowest BCUT2D eigenvalue weighted by Crippen LogP contribution is -2.02. The number of allylic oxidation sites excluding steroid dienone is 3. The van der Waals surface area contributed by atoms with Crippen molar-refractivity contribution in [2.24, 2.45) is 0 Å². The molecule has 3 heterocycles. The molecule has 0 amide bonds. The highest BCUT2D eigenvalue weighted by Crippen LogP contribution is 2.35. The Morgan fingerprint density at radius 1 is 0.407 bits per heavy atom. The summed E-state index contributed by atoms with van der Waals surface area (Å²) in [5.41, 5.74) is 13.0. The monoisotopic (exact) mass is 693 g/mol. The van der Waals surface area contributed by atoms with Crippen molar-refractivity contribution < 1.29 is 0 Å². The van der Waals surface area contributed by atoms with Gasteiger partial charge in [-0.25, -0.2) is 19.9 Å². The van der Waals surface area contributed by atoms with Crippen LogP contribution in [0.25, 0.3) is 78.8 Å². The van der Waals surface area contributed by atoms with E-state index in [1.165, 1.54) is 0 Å². The minimum atomic E-state index is 0.300. The zero-order chi connectivity index (χ0) is 36.7. The fraction of sp³-hybridized carbons (Fsp3) is 0. The van der Waals surface area contributed by atoms with Gasteiger partial charge in [0, 0.05) is 22.3 Å². The summed E-state index contributed by atoms with van der Waals surface area (Å²) in [7, 11) is 0. The predicted molar refractivity (Wildman–Crippen MR) is 222 cm³/mol. The maximum absolute atomic E-state index is 8.66. The summed E-state index contributed by atoms with van der Waals surface area (Å²) < 4.78 is 0. The second-order valence-electron chi connectivity index (χ2n) is 12.7. The number of hydrogen-bond acceptors (Lipinski definition) is 5. The first-order valence-corrected chi connectivity index (χ1v) is 17.8. The number of benzene rings is 5. The van der Waals surface area contributed by atoms with Crippen LogP contribution < -0.4 is 0 Å². The average Bonchev–Trinajstić information content (AvgIpc) is 3.26. The van der Waals surface area contributed by atoms with Crippen molar-refractivity contribution in [1.82, 2.24) is 19.9 Å². The normalized spacial score (nSPS) is 11.0. The maximum atomic E-state index is 8.66. The maximum Gasteiger partial charge on any atom is 0.161 e. The Morgan fingerprint density at radius 3 is 1.57 bits per heavy atom. The van der Waals surface area contributed by atoms with Gasteiger partial charge in [0.25, 0.3) is 0 Å². The van der Waals surface area contributed by atoms with Gasteiger partial charge in [-0.1, -0.05) is 164 Å². The van der Waals surface area contributed by atoms with Gasteiger partial charge in [-0.05, 0) is 58.7 Å². The molecule has 0 spiro atoms. The first-order valence-electron chi connectivity index (χ1n) is 17.8. The molecule has 5 aromatic carbocycles. The molecule has 3 aromatic heterocycles. The Hall–Kier alpha value is -7.37. The molecule has 8 rings (SSSR count). The summed E-state index contributed by atoms with van der Waals surface area (Å²) in [5.74, 6) is 0.668. The first-order chi connectivity index (χ1) is 26.6. The molecule has 0 fully saturated rings. The Morgan fingerprint density at radius 2 is 0.944 bits per heavy atom. The zero-order valence-electron chi connectivity index (χ0n) is 29.5. The second-order valence-corrected chi connectivity index (χ2v) is 12.7. The SMILES string of the molecule is C=C/C=C\C(=N)c1cc(-c2ccccc2)cc(-c2cccc(-c3ccc(-c4ccccc4-c4nc(-c5ccccc5)cc(-c5ccccc5)n4)cc3)n2)n1. The van der Waals surface area contributed by atoms with Crippen molar-refractivity contribution in [3.05, 3.63) is 206 Å². The molecule has 256 valence electrons. The van der Waals surface area contributed by atoms with Crippen LogP contribution in [-0.2, 0) is 0 Å². The third kappa shape index (κ3) is 7.33. The van der Waals surface area contributed by atoms with E-state index >= 15 is 0 Å². The predicted octanol–water partition coefficient (Wildman–Crippen LogP) is 12.0. The van der Waals surface area contributed by atoms with E-state index in [-0.39, 0.29) is 0 Å². The largest absolute Gasteiger partial charge is 0.299 e. The molecule has 0 radical (unpaired) electrons. The van der Waals surface area contributed by atoms with Gasteiger partial charge in [-0.3, -0.25) is 5.41 Å². The quantitative estimate of drug-likeness (QED) is 0.114. The summed E-state index contributed by atoms with van der Waals surface area (Å²) in [6, 6.07) is 59.4. The van der Waals surface area contributed by atoms with Crippen molar-refractivity contribution in [3.8, 4) is 78.8 Å². The molecule has 0 bridgehead atoms. The lowest BCUT2D eigenvalue weighted by Gasteiger charge is -2.13. The van der Waals surface area contributed by atoms with Gasteiger partial charge in [0.2, 0.25) is 0 Å². The van der Waals surface area contributed by atoms with Gasteiger partial charge in [0.1, 0.15) is 0 Å². The van der Waals surface area contributed by atoms with Crippen LogP contribution in [0.1, 0.15) is 5.69 Å². The Kier molecular flexibility index (Phi) is 9.68. The van der Waals surface area contributed by atoms with Crippen molar-refractivity contribution in [2.45, 2.75) is 0 Å². The van der Waals surface area contributed by atoms with E-state index in [4.69, 9.17) is 25.3 Å². The Bertz CT molecular complexity index is 2560. The topological polar surface area (TPSA) is 75.4 Å². The number of nitrogens with zero attached hydrogens (tertiary/aromatic N) is 4. The van der Waals surface area contributed by atoms with Crippen molar-refractivity contribution in [2.75, 3.05) is 0 Å². The zero-order valence-corrected chi connectivity index (χ0v) is 29.5. The van der Waals surface area contributed by atoms with Crippen LogP contribution in [0, 0.1) is 5.41 Å². The molecule has 8 aromatic rings. The molecule has 5 nitrogen and oxygen atoms in total. The standard InChI is InChI=1S/C49H35N5/c1-2-3-24-42(50)47-31-39(34-16-7-4-8-17-34)32-48(52-47)44-26-15-25-43(51-44)38-29-27-35(28-30-38)40-22-13-14-23-41(40)49-53-45(36-18-9-5-10-19-36)33-46(54-49)37-20-11-6-12-21-37/h2-33,50H,1H2/b24-3-,50-42?. The van der Waals surface area contributed by atoms with E-state index < -0.39 is 0 Å². The number of nitrogens with one attached hydrogen (secondary N) is 1. The van der Waals surface area contributed by atoms with Gasteiger partial charge >= 0.3 is 0 Å². The fourth-order valence-corrected chi connectivity index (χ4v) is 6.42. The fourth-order valence-electron chi connectivity index (χ4n) is 6.42. The molecule has 0 saturated carbocycles. The second kappa shape index (κ2) is 15.5. The molecule has 0 aliphatic rings. The summed E-state index contributed by atoms with van der Waals surface area (Å²) in [4.78, 5) is 20.1. The number of hydrogen-bond donors (Lipinski definition) is 1. The molecule has 0 aliphatic heterocycles. The van der Waals surface area contributed by atoms with Crippen LogP contribution in [0.4, 0.5) is 0 Å². The average molecular weight is 694 g/mol. The highest BCUT2D eigenvalue weighted by Gasteiger charge is 2.16. The van der Waals surface area contributed by atoms with E-state index in [0.29, 0.717) is 22.9 Å². The van der Waals surface area contributed by atoms with Gasteiger partial charge in [-0.15, -0.1) is 0 Å². The Labute approximate surface area is 315 Å².